The van der Waals surface area contributed by atoms with E-state index in [0.29, 0.717) is 0 Å². The van der Waals surface area contributed by atoms with E-state index in [1.165, 1.54) is 0 Å². The van der Waals surface area contributed by atoms with Gasteiger partial charge in [-0.25, -0.2) is 24.7 Å². The molecule has 0 saturated carbocycles. The molecule has 0 aliphatic carbocycles. The molecular weight excluding hydrogens is 436 g/mol. The highest BCUT2D eigenvalue weighted by Crippen LogP contribution is 2.09. The highest BCUT2D eigenvalue weighted by Gasteiger charge is 2.28. The van der Waals surface area contributed by atoms with E-state index in [0.717, 1.165) is 5.56 Å². The van der Waals surface area contributed by atoms with E-state index < -0.39 is 46.6 Å². The lowest BCUT2D eigenvalue weighted by Crippen LogP contribution is -2.53. The van der Waals surface area contributed by atoms with Crippen molar-refractivity contribution in [2.75, 3.05) is 6.54 Å². The highest BCUT2D eigenvalue weighted by atomic mass is 16.7. The predicted octanol–water partition coefficient (Wildman–Crippen LogP) is 0.568. The van der Waals surface area contributed by atoms with E-state index in [2.05, 4.69) is 15.6 Å². The molecule has 13 nitrogen and oxygen atoms in total. The zero-order valence-corrected chi connectivity index (χ0v) is 18.7. The fourth-order valence-electron chi connectivity index (χ4n) is 2.66. The lowest BCUT2D eigenvalue weighted by atomic mass is 10.0. The number of nitrogens with two attached hydrogens (primary N) is 1. The summed E-state index contributed by atoms with van der Waals surface area (Å²) < 4.78 is 5.21. The van der Waals surface area contributed by atoms with Crippen LogP contribution in [-0.2, 0) is 20.7 Å². The standard InChI is InChI=1S/C20H30N6O7/c1-20(2,3)33-19(30)24-15(12-13-8-5-4-6-9-13)16(27)23-14(17(28)29)10-7-11-22-18(21)25-26(31)32/h4-6,8-9,14-15H,7,10-12H2,1-3H3,(H,23,27)(H,24,30)(H,28,29)(H3,21,22,25)/t14-,15-/m0/s1. The maximum absolute atomic E-state index is 12.8. The van der Waals surface area contributed by atoms with Crippen molar-refractivity contribution < 1.29 is 29.3 Å². The van der Waals surface area contributed by atoms with Crippen molar-refractivity contribution in [2.45, 2.75) is 57.7 Å². The number of nitro groups is 1. The van der Waals surface area contributed by atoms with E-state index >= 15 is 0 Å². The topological polar surface area (TPSA) is 198 Å². The molecule has 0 aliphatic heterocycles. The molecule has 6 N–H and O–H groups in total. The summed E-state index contributed by atoms with van der Waals surface area (Å²) in [6.45, 7) is 5.04. The molecule has 0 spiro atoms. The Balaban J connectivity index is 2.82. The van der Waals surface area contributed by atoms with Crippen LogP contribution in [0.4, 0.5) is 4.79 Å². The molecule has 13 heteroatoms. The minimum absolute atomic E-state index is 0.00985. The van der Waals surface area contributed by atoms with Gasteiger partial charge in [0.25, 0.3) is 5.96 Å². The monoisotopic (exact) mass is 466 g/mol. The fourth-order valence-corrected chi connectivity index (χ4v) is 2.66. The molecule has 33 heavy (non-hydrogen) atoms. The summed E-state index contributed by atoms with van der Waals surface area (Å²) in [7, 11) is 0. The van der Waals surface area contributed by atoms with Crippen molar-refractivity contribution in [3.8, 4) is 0 Å². The number of carbonyl (C=O) groups excluding carboxylic acids is 2. The van der Waals surface area contributed by atoms with Crippen LogP contribution in [0.1, 0.15) is 39.2 Å². The van der Waals surface area contributed by atoms with E-state index in [4.69, 9.17) is 10.5 Å². The largest absolute Gasteiger partial charge is 0.480 e. The van der Waals surface area contributed by atoms with Crippen molar-refractivity contribution in [1.29, 1.82) is 0 Å². The van der Waals surface area contributed by atoms with Crippen LogP contribution < -0.4 is 21.8 Å². The molecule has 1 rings (SSSR count). The third-order valence-electron chi connectivity index (χ3n) is 4.04. The van der Waals surface area contributed by atoms with Crippen molar-refractivity contribution in [2.24, 2.45) is 10.7 Å². The van der Waals surface area contributed by atoms with Gasteiger partial charge in [-0.05, 0) is 39.2 Å². The number of hydrogen-bond acceptors (Lipinski definition) is 7. The number of alkyl carbamates (subject to hydrolysis) is 1. The molecule has 0 heterocycles. The third-order valence-corrected chi connectivity index (χ3v) is 4.04. The molecule has 1 aromatic carbocycles. The summed E-state index contributed by atoms with van der Waals surface area (Å²) in [5, 5.41) is 23.8. The lowest BCUT2D eigenvalue weighted by Gasteiger charge is -2.24. The van der Waals surface area contributed by atoms with Crippen LogP contribution in [0.3, 0.4) is 0 Å². The summed E-state index contributed by atoms with van der Waals surface area (Å²) >= 11 is 0. The Hall–Kier alpha value is -3.90. The molecule has 0 unspecified atom stereocenters. The Morgan fingerprint density at radius 3 is 2.36 bits per heavy atom. The van der Waals surface area contributed by atoms with Crippen molar-refractivity contribution >= 4 is 23.9 Å². The van der Waals surface area contributed by atoms with Gasteiger partial charge in [-0.1, -0.05) is 35.8 Å². The number of amides is 2. The molecule has 0 aliphatic rings. The number of benzene rings is 1. The number of rotatable bonds is 11. The molecule has 2 atom stereocenters. The van der Waals surface area contributed by atoms with Gasteiger partial charge in [0.05, 0.1) is 0 Å². The Bertz CT molecular complexity index is 854. The molecule has 0 aromatic heterocycles. The third kappa shape index (κ3) is 11.9. The number of carboxylic acid groups (broad SMARTS) is 1. The van der Waals surface area contributed by atoms with Gasteiger partial charge in [0.1, 0.15) is 17.7 Å². The first-order chi connectivity index (χ1) is 15.4. The number of aliphatic imine (C=N–C) groups is 1. The molecule has 0 saturated heterocycles. The van der Waals surface area contributed by atoms with E-state index in [1.807, 2.05) is 0 Å². The second-order valence-corrected chi connectivity index (χ2v) is 8.07. The second-order valence-electron chi connectivity index (χ2n) is 8.07. The van der Waals surface area contributed by atoms with Gasteiger partial charge in [-0.15, -0.1) is 0 Å². The number of hydrogen-bond donors (Lipinski definition) is 5. The van der Waals surface area contributed by atoms with Gasteiger partial charge >= 0.3 is 12.1 Å². The normalized spacial score (nSPS) is 13.4. The Morgan fingerprint density at radius 1 is 1.18 bits per heavy atom. The van der Waals surface area contributed by atoms with E-state index in [-0.39, 0.29) is 25.8 Å². The number of carboxylic acids is 1. The number of nitrogens with zero attached hydrogens (tertiary/aromatic N) is 2. The summed E-state index contributed by atoms with van der Waals surface area (Å²) in [5.41, 5.74) is 6.93. The summed E-state index contributed by atoms with van der Waals surface area (Å²) in [4.78, 5) is 50.7. The Kier molecular flexibility index (Phi) is 10.6. The smallest absolute Gasteiger partial charge is 0.408 e. The highest BCUT2D eigenvalue weighted by molar-refractivity contribution is 5.89. The minimum atomic E-state index is -1.28. The van der Waals surface area contributed by atoms with Crippen LogP contribution in [0.5, 0.6) is 0 Å². The zero-order chi connectivity index (χ0) is 25.0. The molecule has 0 fully saturated rings. The Labute approximate surface area is 190 Å². The Morgan fingerprint density at radius 2 is 1.82 bits per heavy atom. The number of ether oxygens (including phenoxy) is 1. The van der Waals surface area contributed by atoms with Gasteiger partial charge < -0.3 is 26.2 Å². The van der Waals surface area contributed by atoms with Gasteiger partial charge in [0, 0.05) is 13.0 Å². The van der Waals surface area contributed by atoms with Gasteiger partial charge in [0.15, 0.2) is 5.03 Å². The van der Waals surface area contributed by atoms with Crippen molar-refractivity contribution in [3.05, 3.63) is 46.0 Å². The van der Waals surface area contributed by atoms with Crippen LogP contribution in [0.15, 0.2) is 35.3 Å². The first kappa shape index (κ1) is 27.1. The maximum atomic E-state index is 12.8. The van der Waals surface area contributed by atoms with Crippen LogP contribution in [0, 0.1) is 10.1 Å². The van der Waals surface area contributed by atoms with Crippen molar-refractivity contribution in [3.63, 3.8) is 0 Å². The van der Waals surface area contributed by atoms with Gasteiger partial charge in [-0.2, -0.15) is 0 Å². The predicted molar refractivity (Wildman–Crippen MR) is 119 cm³/mol. The van der Waals surface area contributed by atoms with Crippen LogP contribution in [0.2, 0.25) is 0 Å². The van der Waals surface area contributed by atoms with E-state index in [9.17, 15) is 29.6 Å². The van der Waals surface area contributed by atoms with Crippen LogP contribution in [0.25, 0.3) is 0 Å². The minimum Gasteiger partial charge on any atom is -0.480 e. The molecule has 2 amide bonds. The van der Waals surface area contributed by atoms with E-state index in [1.54, 1.807) is 56.5 Å². The number of guanidine groups is 1. The summed E-state index contributed by atoms with van der Waals surface area (Å²) in [6, 6.07) is 6.55. The maximum Gasteiger partial charge on any atom is 0.408 e. The number of carbonyl (C=O) groups is 3. The zero-order valence-electron chi connectivity index (χ0n) is 18.7. The molecule has 1 aromatic rings. The first-order valence-electron chi connectivity index (χ1n) is 10.1. The summed E-state index contributed by atoms with van der Waals surface area (Å²) in [5.74, 6) is -2.39. The number of hydrazine groups is 1. The lowest BCUT2D eigenvalue weighted by molar-refractivity contribution is -0.525. The SMILES string of the molecule is CC(C)(C)OC(=O)N[C@@H](Cc1ccccc1)C(=O)N[C@@H](CCCN=C(N)N[N+](=O)[O-])C(=O)O. The first-order valence-corrected chi connectivity index (χ1v) is 10.1. The number of aliphatic carboxylic acids is 1. The van der Waals surface area contributed by atoms with Crippen molar-refractivity contribution in [1.82, 2.24) is 16.1 Å². The molecular formula is C20H30N6O7. The van der Waals surface area contributed by atoms with Crippen LogP contribution in [-0.4, -0.2) is 58.3 Å². The summed E-state index contributed by atoms with van der Waals surface area (Å²) in [6.07, 6.45) is -0.527. The molecule has 0 bridgehead atoms. The average molecular weight is 466 g/mol. The average Bonchev–Trinajstić information content (AvgIpc) is 2.68. The second kappa shape index (κ2) is 12.8. The molecule has 182 valence electrons. The fraction of sp³-hybridized carbons (Fsp3) is 0.500. The van der Waals surface area contributed by atoms with Crippen LogP contribution >= 0.6 is 0 Å². The number of nitrogens with one attached hydrogen (secondary N) is 3. The molecule has 0 radical (unpaired) electrons. The van der Waals surface area contributed by atoms with Gasteiger partial charge in [-0.3, -0.25) is 4.79 Å². The van der Waals surface area contributed by atoms with Gasteiger partial charge in [0.2, 0.25) is 5.91 Å². The quantitative estimate of drug-likeness (QED) is 0.102.